The largest absolute Gasteiger partial charge is 0.492 e. The molecule has 2 rings (SSSR count). The number of rotatable bonds is 6. The summed E-state index contributed by atoms with van der Waals surface area (Å²) in [6.45, 7) is 5.41. The van der Waals surface area contributed by atoms with Gasteiger partial charge in [-0.2, -0.15) is 0 Å². The first kappa shape index (κ1) is 14.0. The Hall–Kier alpha value is -1.42. The molecule has 1 aliphatic rings. The molecule has 19 heavy (non-hydrogen) atoms. The van der Waals surface area contributed by atoms with Gasteiger partial charge in [-0.15, -0.1) is 0 Å². The average molecular weight is 263 g/mol. The van der Waals surface area contributed by atoms with Gasteiger partial charge in [0.25, 0.3) is 0 Å². The van der Waals surface area contributed by atoms with Gasteiger partial charge < -0.3 is 9.47 Å². The number of ketones is 1. The fraction of sp³-hybridized carbons (Fsp3) is 0.600. The van der Waals surface area contributed by atoms with E-state index >= 15 is 0 Å². The maximum absolute atomic E-state index is 12.5. The minimum Gasteiger partial charge on any atom is -0.492 e. The maximum atomic E-state index is 12.5. The highest BCUT2D eigenvalue weighted by molar-refractivity contribution is 5.98. The molecule has 0 amide bonds. The second-order valence-corrected chi connectivity index (χ2v) is 4.83. The number of carbonyl (C=O) groups excluding carboxylic acids is 1. The second-order valence-electron chi connectivity index (χ2n) is 4.83. The molecule has 0 bridgehead atoms. The lowest BCUT2D eigenvalue weighted by molar-refractivity contribution is 0.0688. The van der Waals surface area contributed by atoms with E-state index in [1.165, 1.54) is 0 Å². The highest BCUT2D eigenvalue weighted by Gasteiger charge is 2.33. The monoisotopic (exact) mass is 263 g/mol. The quantitative estimate of drug-likeness (QED) is 0.740. The van der Waals surface area contributed by atoms with Crippen LogP contribution in [-0.4, -0.2) is 30.1 Å². The van der Waals surface area contributed by atoms with Crippen molar-refractivity contribution in [1.82, 2.24) is 4.98 Å². The summed E-state index contributed by atoms with van der Waals surface area (Å²) in [5.74, 6) is 0.756. The number of aromatic nitrogens is 1. The normalized spacial score (nSPS) is 22.4. The minimum absolute atomic E-state index is 0.0341. The predicted octanol–water partition coefficient (Wildman–Crippen LogP) is 2.87. The van der Waals surface area contributed by atoms with Crippen LogP contribution in [0.25, 0.3) is 0 Å². The van der Waals surface area contributed by atoms with Crippen LogP contribution < -0.4 is 4.74 Å². The molecule has 104 valence electrons. The summed E-state index contributed by atoms with van der Waals surface area (Å²) < 4.78 is 11.1. The van der Waals surface area contributed by atoms with E-state index in [0.29, 0.717) is 24.5 Å². The molecule has 1 saturated heterocycles. The van der Waals surface area contributed by atoms with E-state index in [1.54, 1.807) is 18.5 Å². The molecule has 0 radical (unpaired) electrons. The van der Waals surface area contributed by atoms with Crippen molar-refractivity contribution in [3.05, 3.63) is 24.0 Å². The zero-order valence-corrected chi connectivity index (χ0v) is 11.6. The Balaban J connectivity index is 2.10. The molecule has 0 saturated carbocycles. The van der Waals surface area contributed by atoms with Crippen molar-refractivity contribution >= 4 is 5.78 Å². The Bertz CT molecular complexity index is 433. The van der Waals surface area contributed by atoms with Gasteiger partial charge in [0.15, 0.2) is 5.78 Å². The van der Waals surface area contributed by atoms with Crippen LogP contribution in [0.1, 0.15) is 43.5 Å². The van der Waals surface area contributed by atoms with Gasteiger partial charge in [0.2, 0.25) is 0 Å². The Kier molecular flexibility index (Phi) is 4.91. The van der Waals surface area contributed by atoms with Crippen LogP contribution in [0.15, 0.2) is 18.5 Å². The van der Waals surface area contributed by atoms with Crippen molar-refractivity contribution in [2.75, 3.05) is 13.2 Å². The van der Waals surface area contributed by atoms with Gasteiger partial charge in [-0.05, 0) is 25.3 Å². The summed E-state index contributed by atoms with van der Waals surface area (Å²) in [4.78, 5) is 16.6. The molecule has 1 aromatic heterocycles. The second kappa shape index (κ2) is 6.66. The van der Waals surface area contributed by atoms with Crippen LogP contribution in [0, 0.1) is 5.92 Å². The van der Waals surface area contributed by atoms with Crippen molar-refractivity contribution in [3.8, 4) is 5.75 Å². The number of Topliss-reactive ketones (excluding diaryl/α,β-unsaturated/α-hetero) is 1. The molecule has 2 atom stereocenters. The highest BCUT2D eigenvalue weighted by atomic mass is 16.5. The van der Waals surface area contributed by atoms with Crippen molar-refractivity contribution in [2.45, 2.75) is 39.2 Å². The molecule has 0 spiro atoms. The van der Waals surface area contributed by atoms with Gasteiger partial charge in [-0.25, -0.2) is 0 Å². The first-order valence-corrected chi connectivity index (χ1v) is 7.00. The zero-order valence-electron chi connectivity index (χ0n) is 11.6. The Morgan fingerprint density at radius 1 is 1.47 bits per heavy atom. The number of nitrogens with zero attached hydrogens (tertiary/aromatic N) is 1. The lowest BCUT2D eigenvalue weighted by Gasteiger charge is -2.15. The zero-order chi connectivity index (χ0) is 13.7. The van der Waals surface area contributed by atoms with Crippen LogP contribution in [0.2, 0.25) is 0 Å². The minimum atomic E-state index is -0.0341. The maximum Gasteiger partial charge on any atom is 0.170 e. The summed E-state index contributed by atoms with van der Waals surface area (Å²) in [6.07, 6.45) is 5.92. The van der Waals surface area contributed by atoms with Gasteiger partial charge >= 0.3 is 0 Å². The van der Waals surface area contributed by atoms with Gasteiger partial charge in [-0.3, -0.25) is 9.78 Å². The van der Waals surface area contributed by atoms with Crippen molar-refractivity contribution in [2.24, 2.45) is 5.92 Å². The standard InChI is InChI=1S/C15H21NO3/c1-3-6-18-12-8-11(9-16-10-12)15(17)13-5-7-19-14(13)4-2/h8-10,13-14H,3-7H2,1-2H3. The van der Waals surface area contributed by atoms with Crippen LogP contribution in [-0.2, 0) is 4.74 Å². The first-order valence-electron chi connectivity index (χ1n) is 7.00. The van der Waals surface area contributed by atoms with Crippen molar-refractivity contribution in [3.63, 3.8) is 0 Å². The third-order valence-corrected chi connectivity index (χ3v) is 3.42. The topological polar surface area (TPSA) is 48.4 Å². The lowest BCUT2D eigenvalue weighted by atomic mass is 9.91. The molecule has 0 aliphatic carbocycles. The summed E-state index contributed by atoms with van der Waals surface area (Å²) in [5.41, 5.74) is 0.627. The number of hydrogen-bond acceptors (Lipinski definition) is 4. The van der Waals surface area contributed by atoms with E-state index in [1.807, 2.05) is 6.92 Å². The van der Waals surface area contributed by atoms with Crippen LogP contribution in [0.5, 0.6) is 5.75 Å². The SMILES string of the molecule is CCCOc1cncc(C(=O)C2CCOC2CC)c1. The molecule has 4 heteroatoms. The number of hydrogen-bond donors (Lipinski definition) is 0. The molecule has 2 unspecified atom stereocenters. The molecule has 1 aromatic rings. The smallest absolute Gasteiger partial charge is 0.170 e. The van der Waals surface area contributed by atoms with E-state index in [2.05, 4.69) is 11.9 Å². The van der Waals surface area contributed by atoms with Gasteiger partial charge in [-0.1, -0.05) is 13.8 Å². The molecular weight excluding hydrogens is 242 g/mol. The molecule has 0 N–H and O–H groups in total. The summed E-state index contributed by atoms with van der Waals surface area (Å²) in [5, 5.41) is 0. The van der Waals surface area contributed by atoms with E-state index in [9.17, 15) is 4.79 Å². The number of pyridine rings is 1. The van der Waals surface area contributed by atoms with Crippen molar-refractivity contribution in [1.29, 1.82) is 0 Å². The third-order valence-electron chi connectivity index (χ3n) is 3.42. The summed E-state index contributed by atoms with van der Waals surface area (Å²) in [6, 6.07) is 1.79. The van der Waals surface area contributed by atoms with E-state index < -0.39 is 0 Å². The van der Waals surface area contributed by atoms with E-state index in [-0.39, 0.29) is 17.8 Å². The molecular formula is C15H21NO3. The summed E-state index contributed by atoms with van der Waals surface area (Å²) >= 11 is 0. The van der Waals surface area contributed by atoms with Gasteiger partial charge in [0, 0.05) is 18.4 Å². The van der Waals surface area contributed by atoms with E-state index in [0.717, 1.165) is 19.3 Å². The van der Waals surface area contributed by atoms with Crippen molar-refractivity contribution < 1.29 is 14.3 Å². The fourth-order valence-electron chi connectivity index (χ4n) is 2.42. The Morgan fingerprint density at radius 2 is 2.32 bits per heavy atom. The molecule has 1 fully saturated rings. The third kappa shape index (κ3) is 3.32. The number of carbonyl (C=O) groups is 1. The molecule has 1 aliphatic heterocycles. The van der Waals surface area contributed by atoms with Crippen LogP contribution >= 0.6 is 0 Å². The molecule has 2 heterocycles. The summed E-state index contributed by atoms with van der Waals surface area (Å²) in [7, 11) is 0. The van der Waals surface area contributed by atoms with E-state index in [4.69, 9.17) is 9.47 Å². The highest BCUT2D eigenvalue weighted by Crippen LogP contribution is 2.27. The van der Waals surface area contributed by atoms with Crippen LogP contribution in [0.4, 0.5) is 0 Å². The Morgan fingerprint density at radius 3 is 3.05 bits per heavy atom. The fourth-order valence-corrected chi connectivity index (χ4v) is 2.42. The van der Waals surface area contributed by atoms with Crippen LogP contribution in [0.3, 0.4) is 0 Å². The average Bonchev–Trinajstić information content (AvgIpc) is 2.93. The van der Waals surface area contributed by atoms with Gasteiger partial charge in [0.1, 0.15) is 5.75 Å². The van der Waals surface area contributed by atoms with Gasteiger partial charge in [0.05, 0.1) is 24.8 Å². The molecule has 0 aromatic carbocycles. The Labute approximate surface area is 114 Å². The number of ether oxygens (including phenoxy) is 2. The predicted molar refractivity (Wildman–Crippen MR) is 72.5 cm³/mol. The first-order chi connectivity index (χ1) is 9.26. The molecule has 4 nitrogen and oxygen atoms in total. The lowest BCUT2D eigenvalue weighted by Crippen LogP contribution is -2.23.